The van der Waals surface area contributed by atoms with Crippen molar-refractivity contribution in [2.75, 3.05) is 12.9 Å². The molecule has 1 aromatic heterocycles. The number of nitrogens with zero attached hydrogens (tertiary/aromatic N) is 3. The lowest BCUT2D eigenvalue weighted by atomic mass is 9.84. The molecule has 1 aliphatic heterocycles. The predicted octanol–water partition coefficient (Wildman–Crippen LogP) is 14.3. The number of aromatic nitrogens is 1. The Kier molecular flexibility index (Phi) is 25.1. The van der Waals surface area contributed by atoms with Crippen molar-refractivity contribution in [3.8, 4) is 24.8 Å². The van der Waals surface area contributed by atoms with Gasteiger partial charge < -0.3 is 9.64 Å². The van der Waals surface area contributed by atoms with Crippen molar-refractivity contribution >= 4 is 17.5 Å². The second-order valence-electron chi connectivity index (χ2n) is 15.6. The van der Waals surface area contributed by atoms with Crippen LogP contribution in [0, 0.1) is 67.5 Å². The van der Waals surface area contributed by atoms with E-state index >= 15 is 0 Å². The van der Waals surface area contributed by atoms with E-state index in [-0.39, 0.29) is 12.4 Å². The van der Waals surface area contributed by atoms with Crippen molar-refractivity contribution < 1.29 is 13.9 Å². The van der Waals surface area contributed by atoms with Gasteiger partial charge >= 0.3 is 0 Å². The number of nitriles is 1. The number of hydrogen-bond donors (Lipinski definition) is 0. The Morgan fingerprint density at radius 3 is 2.22 bits per heavy atom. The monoisotopic (exact) mass is 810 g/mol. The molecule has 0 amide bonds. The zero-order valence-corrected chi connectivity index (χ0v) is 38.5. The Labute approximate surface area is 357 Å². The molecule has 3 aromatic rings. The van der Waals surface area contributed by atoms with Gasteiger partial charge in [-0.1, -0.05) is 97.2 Å². The molecule has 2 heterocycles. The lowest BCUT2D eigenvalue weighted by molar-refractivity contribution is 0.101. The number of ether oxygens (including phenoxy) is 1. The van der Waals surface area contributed by atoms with Crippen LogP contribution in [0.2, 0.25) is 0 Å². The first-order valence-corrected chi connectivity index (χ1v) is 22.1. The summed E-state index contributed by atoms with van der Waals surface area (Å²) in [6.07, 6.45) is 21.7. The van der Waals surface area contributed by atoms with Crippen molar-refractivity contribution in [3.05, 3.63) is 117 Å². The number of benzene rings is 2. The lowest BCUT2D eigenvalue weighted by Gasteiger charge is -2.21. The van der Waals surface area contributed by atoms with E-state index in [1.54, 1.807) is 30.7 Å². The highest BCUT2D eigenvalue weighted by Crippen LogP contribution is 2.48. The molecule has 0 saturated heterocycles. The quantitative estimate of drug-likeness (QED) is 0.0918. The van der Waals surface area contributed by atoms with Gasteiger partial charge in [-0.25, -0.2) is 9.37 Å². The van der Waals surface area contributed by atoms with Gasteiger partial charge in [0.05, 0.1) is 17.5 Å². The number of aryl methyl sites for hydroxylation is 2. The molecule has 1 fully saturated rings. The molecule has 0 radical (unpaired) electrons. The van der Waals surface area contributed by atoms with E-state index in [0.29, 0.717) is 22.9 Å². The molecule has 58 heavy (non-hydrogen) atoms. The molecule has 0 bridgehead atoms. The van der Waals surface area contributed by atoms with Crippen LogP contribution in [0.4, 0.5) is 4.39 Å². The van der Waals surface area contributed by atoms with Crippen molar-refractivity contribution in [2.45, 2.75) is 134 Å². The normalized spacial score (nSPS) is 16.8. The van der Waals surface area contributed by atoms with Gasteiger partial charge in [0.25, 0.3) is 0 Å². The Hall–Kier alpha value is -4.33. The number of carbonyl (C=O) groups is 1. The average molecular weight is 810 g/mol. The molecule has 1 saturated carbocycles. The van der Waals surface area contributed by atoms with E-state index in [1.807, 2.05) is 62.0 Å². The van der Waals surface area contributed by atoms with Crippen molar-refractivity contribution in [3.63, 3.8) is 0 Å². The molecule has 1 aliphatic carbocycles. The molecular formula is C51H72FN3O2S. The number of hydrogen-bond acceptors (Lipinski definition) is 6. The third kappa shape index (κ3) is 18.5. The van der Waals surface area contributed by atoms with Crippen LogP contribution in [0.25, 0.3) is 0 Å². The maximum absolute atomic E-state index is 13.8. The highest BCUT2D eigenvalue weighted by molar-refractivity contribution is 8.03. The summed E-state index contributed by atoms with van der Waals surface area (Å²) in [6.45, 7) is 23.8. The smallest absolute Gasteiger partial charge is 0.213 e. The van der Waals surface area contributed by atoms with E-state index in [4.69, 9.17) is 10.00 Å². The predicted molar refractivity (Wildman–Crippen MR) is 246 cm³/mol. The maximum Gasteiger partial charge on any atom is 0.213 e. The first kappa shape index (κ1) is 51.7. The number of terminal acetylenes is 1. The lowest BCUT2D eigenvalue weighted by Crippen LogP contribution is -2.09. The van der Waals surface area contributed by atoms with E-state index in [0.717, 1.165) is 47.2 Å². The van der Waals surface area contributed by atoms with E-state index < -0.39 is 5.82 Å². The number of carbonyl (C=O) groups excluding carboxylic acids is 1. The minimum atomic E-state index is -0.438. The largest absolute Gasteiger partial charge is 0.473 e. The van der Waals surface area contributed by atoms with Gasteiger partial charge in [-0.2, -0.15) is 5.26 Å². The van der Waals surface area contributed by atoms with Crippen LogP contribution in [-0.2, 0) is 6.61 Å². The molecule has 5 atom stereocenters. The molecule has 0 spiro atoms. The van der Waals surface area contributed by atoms with Crippen molar-refractivity contribution in [1.82, 2.24) is 9.88 Å². The van der Waals surface area contributed by atoms with Gasteiger partial charge in [-0.05, 0) is 125 Å². The average Bonchev–Trinajstić information content (AvgIpc) is 3.82. The molecule has 2 aliphatic rings. The summed E-state index contributed by atoms with van der Waals surface area (Å²) < 4.78 is 19.3. The maximum atomic E-state index is 13.8. The van der Waals surface area contributed by atoms with Crippen LogP contribution < -0.4 is 4.74 Å². The van der Waals surface area contributed by atoms with E-state index in [1.165, 1.54) is 60.6 Å². The van der Waals surface area contributed by atoms with Gasteiger partial charge in [0.1, 0.15) is 12.4 Å². The zero-order chi connectivity index (χ0) is 43.8. The number of ketones is 1. The van der Waals surface area contributed by atoms with Gasteiger partial charge in [0.15, 0.2) is 5.78 Å². The molecule has 5 unspecified atom stereocenters. The fourth-order valence-corrected chi connectivity index (χ4v) is 7.46. The van der Waals surface area contributed by atoms with Crippen LogP contribution in [-0.4, -0.2) is 28.6 Å². The second kappa shape index (κ2) is 28.2. The van der Waals surface area contributed by atoms with Gasteiger partial charge in [-0.15, -0.1) is 24.6 Å². The Morgan fingerprint density at radius 1 is 1.07 bits per heavy atom. The van der Waals surface area contributed by atoms with E-state index in [9.17, 15) is 9.18 Å². The first-order chi connectivity index (χ1) is 27.7. The number of rotatable bonds is 14. The standard InChI is InChI=1S/C17H17FN2O.C16H30.C10H12O.C6H11NS.C2H2/c1-3-12(2)16-5-4-6-17(20-16)21-11-14-8-7-13(10-19)9-15(14)18;1-6-9-15(16-10-13(16)5)11-14(8-3)12(4)7-2;1-7-4-5-10(9(3)11)6-8(7)2;1-3-6-4-7(2)5-8-6;1-2/h4-9,12H,3,11H2,1-2H3;8,12-13,15-16H,6-7,9-11H2,1-5H3;4-6H,1-3H3;4H,3,5H2,1-2H3;1-2H. The van der Waals surface area contributed by atoms with Crippen LogP contribution in [0.15, 0.2) is 77.4 Å². The number of allylic oxidation sites excluding steroid dienone is 3. The minimum Gasteiger partial charge on any atom is -0.473 e. The van der Waals surface area contributed by atoms with Gasteiger partial charge in [-0.3, -0.25) is 4.79 Å². The number of thioether (sulfide) groups is 1. The molecule has 2 aromatic carbocycles. The minimum absolute atomic E-state index is 0.0918. The van der Waals surface area contributed by atoms with Gasteiger partial charge in [0.2, 0.25) is 5.88 Å². The Balaban J connectivity index is 0.000000402. The van der Waals surface area contributed by atoms with E-state index in [2.05, 4.69) is 97.4 Å². The molecule has 5 nitrogen and oxygen atoms in total. The summed E-state index contributed by atoms with van der Waals surface area (Å²) in [5.41, 5.74) is 6.59. The summed E-state index contributed by atoms with van der Waals surface area (Å²) in [5.74, 6) is 5.49. The SMILES string of the molecule is C#C.CC(=O)c1ccc(C)c(C)c1.CC=C(CC(CCC)C1CC1C)C(C)CC.CCC(C)c1cccc(OCc2ccc(C#N)cc2F)n1.CCC1=CN(C)CS1. The zero-order valence-electron chi connectivity index (χ0n) is 37.7. The van der Waals surface area contributed by atoms with Gasteiger partial charge in [0, 0.05) is 41.0 Å². The third-order valence-corrected chi connectivity index (χ3v) is 12.4. The molecule has 0 N–H and O–H groups in total. The summed E-state index contributed by atoms with van der Waals surface area (Å²) >= 11 is 1.94. The summed E-state index contributed by atoms with van der Waals surface area (Å²) in [7, 11) is 2.11. The Morgan fingerprint density at radius 2 is 1.76 bits per heavy atom. The second-order valence-corrected chi connectivity index (χ2v) is 16.6. The van der Waals surface area contributed by atoms with Crippen LogP contribution in [0.5, 0.6) is 5.88 Å². The first-order valence-electron chi connectivity index (χ1n) is 21.1. The summed E-state index contributed by atoms with van der Waals surface area (Å²) in [5, 5.41) is 8.71. The molecule has 316 valence electrons. The third-order valence-electron chi connectivity index (χ3n) is 11.1. The summed E-state index contributed by atoms with van der Waals surface area (Å²) in [6, 6.07) is 17.6. The highest BCUT2D eigenvalue weighted by atomic mass is 32.2. The topological polar surface area (TPSA) is 66.2 Å². The van der Waals surface area contributed by atoms with Crippen LogP contribution in [0.3, 0.4) is 0 Å². The molecule has 5 rings (SSSR count). The number of pyridine rings is 1. The fraction of sp³-hybridized carbons (Fsp3) is 0.510. The van der Waals surface area contributed by atoms with Crippen LogP contribution >= 0.6 is 11.8 Å². The summed E-state index contributed by atoms with van der Waals surface area (Å²) in [4.78, 5) is 19.1. The molecular weight excluding hydrogens is 738 g/mol. The molecule has 7 heteroatoms. The van der Waals surface area contributed by atoms with Crippen molar-refractivity contribution in [2.24, 2.45) is 23.7 Å². The van der Waals surface area contributed by atoms with Crippen LogP contribution in [0.1, 0.15) is 151 Å². The number of halogens is 1. The fourth-order valence-electron chi connectivity index (χ4n) is 6.55. The van der Waals surface area contributed by atoms with Crippen molar-refractivity contribution in [1.29, 1.82) is 5.26 Å². The highest BCUT2D eigenvalue weighted by Gasteiger charge is 2.39. The number of Topliss-reactive ketones (excluding diaryl/α,β-unsaturated/α-hetero) is 1. The Bertz CT molecular complexity index is 1810.